The van der Waals surface area contributed by atoms with Gasteiger partial charge in [-0.25, -0.2) is 0 Å². The van der Waals surface area contributed by atoms with Gasteiger partial charge in [0.15, 0.2) is 0 Å². The van der Waals surface area contributed by atoms with Crippen molar-refractivity contribution in [3.8, 4) is 11.1 Å². The summed E-state index contributed by atoms with van der Waals surface area (Å²) in [6.07, 6.45) is 0.330. The number of rotatable bonds is 8. The number of esters is 1. The number of carbonyl (C=O) groups excluding carboxylic acids is 1. The number of thioether (sulfide) groups is 1. The topological polar surface area (TPSA) is 89.6 Å². The van der Waals surface area contributed by atoms with Gasteiger partial charge in [0.25, 0.3) is 0 Å². The molecule has 1 aliphatic carbocycles. The maximum absolute atomic E-state index is 12.0. The maximum atomic E-state index is 12.0. The van der Waals surface area contributed by atoms with Gasteiger partial charge in [-0.1, -0.05) is 48.5 Å². The van der Waals surface area contributed by atoms with Crippen LogP contribution < -0.4 is 5.73 Å². The van der Waals surface area contributed by atoms with Crippen LogP contribution in [0.2, 0.25) is 0 Å². The molecule has 1 atom stereocenters. The summed E-state index contributed by atoms with van der Waals surface area (Å²) in [4.78, 5) is 22.7. The van der Waals surface area contributed by atoms with Crippen molar-refractivity contribution in [1.82, 2.24) is 0 Å². The summed E-state index contributed by atoms with van der Waals surface area (Å²) in [6, 6.07) is 15.5. The molecule has 6 heteroatoms. The lowest BCUT2D eigenvalue weighted by atomic mass is 9.98. The number of carboxylic acid groups (broad SMARTS) is 1. The normalized spacial score (nSPS) is 13.7. The third kappa shape index (κ3) is 4.08. The number of nitrogens with two attached hydrogens (primary N) is 1. The first kappa shape index (κ1) is 18.5. The molecule has 0 fully saturated rings. The van der Waals surface area contributed by atoms with Gasteiger partial charge in [-0.05, 0) is 34.4 Å². The zero-order valence-electron chi connectivity index (χ0n) is 14.3. The molecule has 3 rings (SSSR count). The van der Waals surface area contributed by atoms with Crippen molar-refractivity contribution in [3.05, 3.63) is 59.7 Å². The quantitative estimate of drug-likeness (QED) is 0.548. The summed E-state index contributed by atoms with van der Waals surface area (Å²) in [5.41, 5.74) is 10.2. The summed E-state index contributed by atoms with van der Waals surface area (Å²) >= 11 is 1.34. The van der Waals surface area contributed by atoms with Crippen molar-refractivity contribution in [2.75, 3.05) is 18.1 Å². The highest BCUT2D eigenvalue weighted by molar-refractivity contribution is 7.99. The molecule has 0 amide bonds. The second-order valence-electron chi connectivity index (χ2n) is 6.20. The fraction of sp³-hybridized carbons (Fsp3) is 0.300. The van der Waals surface area contributed by atoms with E-state index < -0.39 is 12.0 Å². The van der Waals surface area contributed by atoms with Crippen molar-refractivity contribution in [2.45, 2.75) is 18.4 Å². The minimum absolute atomic E-state index is 0.0526. The smallest absolute Gasteiger partial charge is 0.320 e. The van der Waals surface area contributed by atoms with Crippen LogP contribution in [0.5, 0.6) is 0 Å². The van der Waals surface area contributed by atoms with Gasteiger partial charge in [0.2, 0.25) is 0 Å². The lowest BCUT2D eigenvalue weighted by Gasteiger charge is -2.14. The number of carbonyl (C=O) groups is 2. The molecule has 0 radical (unpaired) electrons. The summed E-state index contributed by atoms with van der Waals surface area (Å²) in [5, 5.41) is 8.73. The molecule has 0 spiro atoms. The molecule has 5 nitrogen and oxygen atoms in total. The second-order valence-corrected chi connectivity index (χ2v) is 7.30. The minimum Gasteiger partial charge on any atom is -0.480 e. The number of aliphatic carboxylic acids is 1. The largest absolute Gasteiger partial charge is 0.480 e. The van der Waals surface area contributed by atoms with E-state index in [1.807, 2.05) is 24.3 Å². The minimum atomic E-state index is -1.02. The van der Waals surface area contributed by atoms with E-state index in [1.165, 1.54) is 34.0 Å². The standard InChI is InChI=1S/C20H21NO4S/c21-18(20(23)24)9-10-26-12-19(22)25-11-17-15-7-3-1-5-13(15)14-6-2-4-8-16(14)17/h1-8,17-18H,9-12,21H2,(H,23,24)/t18-/m0/s1. The highest BCUT2D eigenvalue weighted by Crippen LogP contribution is 2.44. The molecule has 26 heavy (non-hydrogen) atoms. The van der Waals surface area contributed by atoms with Crippen LogP contribution in [0.1, 0.15) is 23.5 Å². The lowest BCUT2D eigenvalue weighted by Crippen LogP contribution is -2.30. The molecule has 0 heterocycles. The predicted molar refractivity (Wildman–Crippen MR) is 102 cm³/mol. The van der Waals surface area contributed by atoms with Crippen LogP contribution in [0.3, 0.4) is 0 Å². The Morgan fingerprint density at radius 3 is 2.23 bits per heavy atom. The van der Waals surface area contributed by atoms with Crippen LogP contribution in [0, 0.1) is 0 Å². The number of hydrogen-bond donors (Lipinski definition) is 2. The maximum Gasteiger partial charge on any atom is 0.320 e. The number of carboxylic acids is 1. The SMILES string of the molecule is N[C@@H](CCSCC(=O)OCC1c2ccccc2-c2ccccc21)C(=O)O. The van der Waals surface area contributed by atoms with Gasteiger partial charge in [-0.2, -0.15) is 11.8 Å². The van der Waals surface area contributed by atoms with Gasteiger partial charge >= 0.3 is 11.9 Å². The molecule has 2 aromatic rings. The van der Waals surface area contributed by atoms with Gasteiger partial charge in [-0.3, -0.25) is 9.59 Å². The van der Waals surface area contributed by atoms with E-state index in [-0.39, 0.29) is 17.6 Å². The van der Waals surface area contributed by atoms with Crippen molar-refractivity contribution in [1.29, 1.82) is 0 Å². The van der Waals surface area contributed by atoms with Gasteiger partial charge in [-0.15, -0.1) is 0 Å². The van der Waals surface area contributed by atoms with E-state index in [0.717, 1.165) is 0 Å². The van der Waals surface area contributed by atoms with E-state index in [9.17, 15) is 9.59 Å². The van der Waals surface area contributed by atoms with Crippen LogP contribution >= 0.6 is 11.8 Å². The van der Waals surface area contributed by atoms with Gasteiger partial charge in [0.05, 0.1) is 5.75 Å². The summed E-state index contributed by atoms with van der Waals surface area (Å²) in [7, 11) is 0. The van der Waals surface area contributed by atoms with Crippen LogP contribution in [-0.4, -0.2) is 41.2 Å². The number of ether oxygens (including phenoxy) is 1. The first-order chi connectivity index (χ1) is 12.6. The van der Waals surface area contributed by atoms with Crippen molar-refractivity contribution in [3.63, 3.8) is 0 Å². The molecule has 0 saturated carbocycles. The molecule has 0 bridgehead atoms. The molecule has 136 valence electrons. The van der Waals surface area contributed by atoms with E-state index in [1.54, 1.807) is 0 Å². The Balaban J connectivity index is 1.53. The van der Waals surface area contributed by atoms with Gasteiger partial charge < -0.3 is 15.6 Å². The van der Waals surface area contributed by atoms with Crippen molar-refractivity contribution < 1.29 is 19.4 Å². The Bertz CT molecular complexity index is 762. The van der Waals surface area contributed by atoms with E-state index in [4.69, 9.17) is 15.6 Å². The monoisotopic (exact) mass is 371 g/mol. The third-order valence-electron chi connectivity index (χ3n) is 4.48. The van der Waals surface area contributed by atoms with Crippen molar-refractivity contribution in [2.24, 2.45) is 5.73 Å². The highest BCUT2D eigenvalue weighted by atomic mass is 32.2. The van der Waals surface area contributed by atoms with E-state index >= 15 is 0 Å². The van der Waals surface area contributed by atoms with Crippen LogP contribution in [0.4, 0.5) is 0 Å². The molecular weight excluding hydrogens is 350 g/mol. The predicted octanol–water partition coefficient (Wildman–Crippen LogP) is 2.88. The molecule has 0 saturated heterocycles. The van der Waals surface area contributed by atoms with Crippen LogP contribution in [0.15, 0.2) is 48.5 Å². The summed E-state index contributed by atoms with van der Waals surface area (Å²) < 4.78 is 5.49. The van der Waals surface area contributed by atoms with Crippen LogP contribution in [0.25, 0.3) is 11.1 Å². The summed E-state index contributed by atoms with van der Waals surface area (Å²) in [5.74, 6) is -0.552. The Labute approximate surface area is 156 Å². The zero-order valence-corrected chi connectivity index (χ0v) is 15.1. The Hall–Kier alpha value is -2.31. The molecule has 0 unspecified atom stereocenters. The Morgan fingerprint density at radius 2 is 1.65 bits per heavy atom. The molecule has 0 aliphatic heterocycles. The average molecular weight is 371 g/mol. The zero-order chi connectivity index (χ0) is 18.5. The van der Waals surface area contributed by atoms with Crippen LogP contribution in [-0.2, 0) is 14.3 Å². The Kier molecular flexibility index (Phi) is 5.96. The third-order valence-corrected chi connectivity index (χ3v) is 5.45. The molecule has 0 aromatic heterocycles. The molecule has 2 aromatic carbocycles. The second kappa shape index (κ2) is 8.38. The highest BCUT2D eigenvalue weighted by Gasteiger charge is 2.28. The van der Waals surface area contributed by atoms with Crippen molar-refractivity contribution >= 4 is 23.7 Å². The number of hydrogen-bond acceptors (Lipinski definition) is 5. The molecule has 3 N–H and O–H groups in total. The molecular formula is C20H21NO4S. The fourth-order valence-corrected chi connectivity index (χ4v) is 3.96. The first-order valence-electron chi connectivity index (χ1n) is 8.48. The van der Waals surface area contributed by atoms with E-state index in [2.05, 4.69) is 24.3 Å². The number of fused-ring (bicyclic) bond motifs is 3. The van der Waals surface area contributed by atoms with Gasteiger partial charge in [0, 0.05) is 5.92 Å². The number of benzene rings is 2. The fourth-order valence-electron chi connectivity index (χ4n) is 3.15. The first-order valence-corrected chi connectivity index (χ1v) is 9.63. The summed E-state index contributed by atoms with van der Waals surface area (Å²) in [6.45, 7) is 0.308. The lowest BCUT2D eigenvalue weighted by molar-refractivity contribution is -0.140. The Morgan fingerprint density at radius 1 is 1.08 bits per heavy atom. The van der Waals surface area contributed by atoms with Gasteiger partial charge in [0.1, 0.15) is 12.6 Å². The van der Waals surface area contributed by atoms with E-state index in [0.29, 0.717) is 18.8 Å². The molecule has 1 aliphatic rings. The average Bonchev–Trinajstić information content (AvgIpc) is 2.97.